The molecule has 2 aromatic rings. The molecule has 8 heteroatoms. The number of carboxylic acid groups (broad SMARTS) is 1. The van der Waals surface area contributed by atoms with Crippen LogP contribution >= 0.6 is 11.3 Å². The van der Waals surface area contributed by atoms with E-state index in [1.54, 1.807) is 10.6 Å². The normalized spacial score (nSPS) is 12.5. The number of carbonyl (C=O) groups is 2. The van der Waals surface area contributed by atoms with Crippen molar-refractivity contribution in [2.24, 2.45) is 0 Å². The minimum Gasteiger partial charge on any atom is -0.479 e. The van der Waals surface area contributed by atoms with Crippen LogP contribution in [0.25, 0.3) is 4.96 Å². The topological polar surface area (TPSA) is 104 Å². The lowest BCUT2D eigenvalue weighted by atomic mass is 10.3. The van der Waals surface area contributed by atoms with Crippen molar-refractivity contribution < 1.29 is 19.8 Å². The summed E-state index contributed by atoms with van der Waals surface area (Å²) < 4.78 is 1.80. The Balaban J connectivity index is 1.87. The molecule has 2 rings (SSSR count). The van der Waals surface area contributed by atoms with Gasteiger partial charge >= 0.3 is 5.97 Å². The number of rotatable bonds is 5. The van der Waals surface area contributed by atoms with E-state index in [0.717, 1.165) is 4.96 Å². The Kier molecular flexibility index (Phi) is 3.58. The highest BCUT2D eigenvalue weighted by Gasteiger charge is 2.15. The Bertz CT molecular complexity index is 548. The van der Waals surface area contributed by atoms with E-state index < -0.39 is 12.1 Å². The molecule has 0 aliphatic carbocycles. The number of carbonyl (C=O) groups excluding carboxylic acids is 1. The van der Waals surface area contributed by atoms with Gasteiger partial charge in [-0.3, -0.25) is 9.20 Å². The predicted octanol–water partition coefficient (Wildman–Crippen LogP) is -0.500. The summed E-state index contributed by atoms with van der Waals surface area (Å²) in [6, 6.07) is 0. The molecule has 2 aromatic heterocycles. The van der Waals surface area contributed by atoms with E-state index in [9.17, 15) is 9.59 Å². The first-order valence-corrected chi connectivity index (χ1v) is 6.03. The van der Waals surface area contributed by atoms with E-state index in [1.807, 2.05) is 11.6 Å². The second kappa shape index (κ2) is 5.15. The summed E-state index contributed by atoms with van der Waals surface area (Å²) in [6.45, 7) is -0.309. The number of nitrogens with zero attached hydrogens (tertiary/aromatic N) is 2. The van der Waals surface area contributed by atoms with Gasteiger partial charge in [-0.2, -0.15) is 0 Å². The number of hydrogen-bond donors (Lipinski definition) is 3. The Labute approximate surface area is 106 Å². The highest BCUT2D eigenvalue weighted by Crippen LogP contribution is 2.11. The smallest absolute Gasteiger partial charge is 0.334 e. The molecule has 0 radical (unpaired) electrons. The number of fused-ring (bicyclic) bond motifs is 1. The van der Waals surface area contributed by atoms with Crippen LogP contribution in [0.15, 0.2) is 17.8 Å². The number of aromatic nitrogens is 2. The van der Waals surface area contributed by atoms with Gasteiger partial charge in [0.05, 0.1) is 18.7 Å². The van der Waals surface area contributed by atoms with Crippen molar-refractivity contribution in [2.45, 2.75) is 12.5 Å². The van der Waals surface area contributed by atoms with Crippen LogP contribution < -0.4 is 5.32 Å². The van der Waals surface area contributed by atoms with E-state index in [-0.39, 0.29) is 18.9 Å². The van der Waals surface area contributed by atoms with Crippen molar-refractivity contribution in [3.63, 3.8) is 0 Å². The van der Waals surface area contributed by atoms with E-state index in [0.29, 0.717) is 5.69 Å². The van der Waals surface area contributed by atoms with Gasteiger partial charge in [-0.15, -0.1) is 11.3 Å². The van der Waals surface area contributed by atoms with E-state index in [1.165, 1.54) is 11.3 Å². The Hall–Kier alpha value is -1.93. The number of amides is 1. The summed E-state index contributed by atoms with van der Waals surface area (Å²) in [4.78, 5) is 26.8. The first-order chi connectivity index (χ1) is 8.56. The first-order valence-electron chi connectivity index (χ1n) is 5.15. The molecular weight excluding hydrogens is 258 g/mol. The largest absolute Gasteiger partial charge is 0.479 e. The highest BCUT2D eigenvalue weighted by molar-refractivity contribution is 7.15. The molecular formula is C10H11N3O4S. The van der Waals surface area contributed by atoms with Gasteiger partial charge in [0, 0.05) is 17.8 Å². The summed E-state index contributed by atoms with van der Waals surface area (Å²) in [5, 5.41) is 21.6. The standard InChI is InChI=1S/C10H11N3O4S/c14-7(9(16)17)4-11-8(15)3-6-5-13-1-2-18-10(13)12-6/h1-2,5,7,14H,3-4H2,(H,11,15)(H,16,17)/t7-/m0/s1. The third kappa shape index (κ3) is 2.84. The fraction of sp³-hybridized carbons (Fsp3) is 0.300. The summed E-state index contributed by atoms with van der Waals surface area (Å²) in [7, 11) is 0. The van der Waals surface area contributed by atoms with Gasteiger partial charge < -0.3 is 15.5 Å². The van der Waals surface area contributed by atoms with Crippen LogP contribution in [-0.4, -0.2) is 44.1 Å². The maximum Gasteiger partial charge on any atom is 0.334 e. The second-order valence-corrected chi connectivity index (χ2v) is 4.53. The van der Waals surface area contributed by atoms with Crippen LogP contribution in [0.3, 0.4) is 0 Å². The number of imidazole rings is 1. The number of aliphatic carboxylic acids is 1. The van der Waals surface area contributed by atoms with Crippen LogP contribution in [0.2, 0.25) is 0 Å². The number of aliphatic hydroxyl groups is 1. The zero-order chi connectivity index (χ0) is 13.1. The Morgan fingerprint density at radius 2 is 2.33 bits per heavy atom. The van der Waals surface area contributed by atoms with Gasteiger partial charge in [0.25, 0.3) is 0 Å². The van der Waals surface area contributed by atoms with Crippen molar-refractivity contribution in [3.8, 4) is 0 Å². The average Bonchev–Trinajstić information content (AvgIpc) is 2.85. The zero-order valence-corrected chi connectivity index (χ0v) is 10.1. The van der Waals surface area contributed by atoms with Crippen molar-refractivity contribution in [3.05, 3.63) is 23.5 Å². The first kappa shape index (κ1) is 12.5. The lowest BCUT2D eigenvalue weighted by Gasteiger charge is -2.06. The lowest BCUT2D eigenvalue weighted by Crippen LogP contribution is -2.37. The monoisotopic (exact) mass is 269 g/mol. The van der Waals surface area contributed by atoms with Crippen LogP contribution in [-0.2, 0) is 16.0 Å². The molecule has 0 aliphatic rings. The maximum absolute atomic E-state index is 11.5. The second-order valence-electron chi connectivity index (χ2n) is 3.66. The SMILES string of the molecule is O=C(Cc1cn2ccsc2n1)NC[C@H](O)C(=O)O. The van der Waals surface area contributed by atoms with Crippen LogP contribution in [0.4, 0.5) is 0 Å². The zero-order valence-electron chi connectivity index (χ0n) is 9.24. The van der Waals surface area contributed by atoms with Crippen molar-refractivity contribution in [2.75, 3.05) is 6.54 Å². The molecule has 0 fully saturated rings. The van der Waals surface area contributed by atoms with E-state index in [2.05, 4.69) is 10.3 Å². The van der Waals surface area contributed by atoms with Crippen molar-refractivity contribution >= 4 is 28.2 Å². The van der Waals surface area contributed by atoms with Crippen LogP contribution in [0.1, 0.15) is 5.69 Å². The minimum atomic E-state index is -1.58. The Morgan fingerprint density at radius 3 is 3.00 bits per heavy atom. The van der Waals surface area contributed by atoms with Gasteiger partial charge in [-0.05, 0) is 0 Å². The summed E-state index contributed by atoms with van der Waals surface area (Å²) in [5.74, 6) is -1.74. The van der Waals surface area contributed by atoms with Crippen LogP contribution in [0, 0.1) is 0 Å². The molecule has 0 unspecified atom stereocenters. The third-order valence-corrected chi connectivity index (χ3v) is 3.03. The van der Waals surface area contributed by atoms with Gasteiger partial charge in [-0.25, -0.2) is 9.78 Å². The van der Waals surface area contributed by atoms with Crippen molar-refractivity contribution in [1.82, 2.24) is 14.7 Å². The summed E-state index contributed by atoms with van der Waals surface area (Å²) in [6.07, 6.45) is 2.04. The number of aliphatic hydroxyl groups excluding tert-OH is 1. The molecule has 3 N–H and O–H groups in total. The predicted molar refractivity (Wildman–Crippen MR) is 63.4 cm³/mol. The fourth-order valence-electron chi connectivity index (χ4n) is 1.39. The molecule has 0 bridgehead atoms. The summed E-state index contributed by atoms with van der Waals surface area (Å²) >= 11 is 1.46. The minimum absolute atomic E-state index is 0.0563. The number of nitrogens with one attached hydrogen (secondary N) is 1. The molecule has 1 atom stereocenters. The third-order valence-electron chi connectivity index (χ3n) is 2.26. The molecule has 7 nitrogen and oxygen atoms in total. The molecule has 0 saturated heterocycles. The molecule has 1 amide bonds. The molecule has 2 heterocycles. The van der Waals surface area contributed by atoms with E-state index in [4.69, 9.17) is 10.2 Å². The molecule has 96 valence electrons. The van der Waals surface area contributed by atoms with Gasteiger partial charge in [-0.1, -0.05) is 0 Å². The number of thiazole rings is 1. The summed E-state index contributed by atoms with van der Waals surface area (Å²) in [5.41, 5.74) is 0.601. The average molecular weight is 269 g/mol. The number of carboxylic acids is 1. The van der Waals surface area contributed by atoms with Crippen molar-refractivity contribution in [1.29, 1.82) is 0 Å². The molecule has 0 spiro atoms. The highest BCUT2D eigenvalue weighted by atomic mass is 32.1. The van der Waals surface area contributed by atoms with Gasteiger partial charge in [0.2, 0.25) is 5.91 Å². The molecule has 0 aliphatic heterocycles. The fourth-order valence-corrected chi connectivity index (χ4v) is 2.11. The van der Waals surface area contributed by atoms with Crippen LogP contribution in [0.5, 0.6) is 0 Å². The van der Waals surface area contributed by atoms with Gasteiger partial charge in [0.1, 0.15) is 0 Å². The molecule has 0 saturated carbocycles. The van der Waals surface area contributed by atoms with E-state index >= 15 is 0 Å². The lowest BCUT2D eigenvalue weighted by molar-refractivity contribution is -0.146. The maximum atomic E-state index is 11.5. The molecule has 0 aromatic carbocycles. The number of hydrogen-bond acceptors (Lipinski definition) is 5. The molecule has 18 heavy (non-hydrogen) atoms. The van der Waals surface area contributed by atoms with Gasteiger partial charge in [0.15, 0.2) is 11.1 Å². The quantitative estimate of drug-likeness (QED) is 0.679. The Morgan fingerprint density at radius 1 is 1.56 bits per heavy atom.